The smallest absolute Gasteiger partial charge is 0.243 e. The van der Waals surface area contributed by atoms with Crippen molar-refractivity contribution in [2.24, 2.45) is 5.73 Å². The Bertz CT molecular complexity index is 545. The first-order chi connectivity index (χ1) is 10.3. The van der Waals surface area contributed by atoms with Crippen LogP contribution in [0.1, 0.15) is 25.8 Å². The van der Waals surface area contributed by atoms with Gasteiger partial charge in [0, 0.05) is 13.3 Å². The predicted molar refractivity (Wildman–Crippen MR) is 79.1 cm³/mol. The molecule has 0 aliphatic rings. The summed E-state index contributed by atoms with van der Waals surface area (Å²) in [6, 6.07) is 3.95. The van der Waals surface area contributed by atoms with Crippen LogP contribution in [-0.4, -0.2) is 29.8 Å². The first-order valence-electron chi connectivity index (χ1n) is 6.94. The lowest BCUT2D eigenvalue weighted by Gasteiger charge is -2.21. The monoisotopic (exact) mass is 309 g/mol. The fourth-order valence-electron chi connectivity index (χ4n) is 1.96. The van der Waals surface area contributed by atoms with Gasteiger partial charge in [-0.15, -0.1) is 0 Å². The van der Waals surface area contributed by atoms with Crippen LogP contribution in [0.15, 0.2) is 24.3 Å². The molecular weight excluding hydrogens is 289 g/mol. The quantitative estimate of drug-likeness (QED) is 0.673. The third-order valence-electron chi connectivity index (χ3n) is 3.12. The summed E-state index contributed by atoms with van der Waals surface area (Å²) in [5, 5.41) is 5.02. The topological polar surface area (TPSA) is 101 Å². The van der Waals surface area contributed by atoms with Crippen molar-refractivity contribution >= 4 is 17.7 Å². The fraction of sp³-hybridized carbons (Fsp3) is 0.400. The number of benzene rings is 1. The minimum Gasteiger partial charge on any atom is -0.368 e. The lowest BCUT2D eigenvalue weighted by Crippen LogP contribution is -2.53. The molecule has 7 heteroatoms. The van der Waals surface area contributed by atoms with Gasteiger partial charge in [-0.3, -0.25) is 14.4 Å². The number of nitrogens with one attached hydrogen (secondary N) is 2. The maximum absolute atomic E-state index is 12.9. The first-order valence-corrected chi connectivity index (χ1v) is 6.94. The minimum atomic E-state index is -0.864. The largest absolute Gasteiger partial charge is 0.368 e. The van der Waals surface area contributed by atoms with Gasteiger partial charge in [0.15, 0.2) is 0 Å². The molecule has 0 aliphatic heterocycles. The minimum absolute atomic E-state index is 0.181. The van der Waals surface area contributed by atoms with Gasteiger partial charge in [-0.2, -0.15) is 0 Å². The third kappa shape index (κ3) is 5.51. The maximum atomic E-state index is 12.9. The fourth-order valence-corrected chi connectivity index (χ4v) is 1.96. The van der Waals surface area contributed by atoms with Gasteiger partial charge >= 0.3 is 0 Å². The number of nitrogens with two attached hydrogens (primary N) is 1. The van der Waals surface area contributed by atoms with Crippen LogP contribution in [0.5, 0.6) is 0 Å². The Kier molecular flexibility index (Phi) is 6.49. The molecule has 120 valence electrons. The normalized spacial score (nSPS) is 13.0. The van der Waals surface area contributed by atoms with E-state index in [1.165, 1.54) is 31.2 Å². The Labute approximate surface area is 128 Å². The van der Waals surface area contributed by atoms with E-state index >= 15 is 0 Å². The highest BCUT2D eigenvalue weighted by molar-refractivity contribution is 5.91. The molecule has 0 heterocycles. The van der Waals surface area contributed by atoms with E-state index in [0.29, 0.717) is 12.0 Å². The van der Waals surface area contributed by atoms with Gasteiger partial charge in [0.1, 0.15) is 17.9 Å². The molecule has 0 aromatic heterocycles. The summed E-state index contributed by atoms with van der Waals surface area (Å²) >= 11 is 0. The van der Waals surface area contributed by atoms with Crippen LogP contribution in [0.2, 0.25) is 0 Å². The SMILES string of the molecule is CC[C@@H](NC(=O)[C@@H](Cc1ccc(F)cc1)NC(C)=O)C(N)=O. The van der Waals surface area contributed by atoms with Crippen molar-refractivity contribution in [2.75, 3.05) is 0 Å². The van der Waals surface area contributed by atoms with Crippen molar-refractivity contribution in [3.63, 3.8) is 0 Å². The number of amides is 3. The molecule has 0 saturated carbocycles. The standard InChI is InChI=1S/C15H20FN3O3/c1-3-12(14(17)21)19-15(22)13(18-9(2)20)8-10-4-6-11(16)7-5-10/h4-7,12-13H,3,8H2,1-2H3,(H2,17,21)(H,18,20)(H,19,22)/t12-,13-/m1/s1. The molecule has 2 atom stereocenters. The molecule has 0 aliphatic carbocycles. The number of rotatable bonds is 7. The van der Waals surface area contributed by atoms with E-state index in [9.17, 15) is 18.8 Å². The van der Waals surface area contributed by atoms with Crippen molar-refractivity contribution in [3.05, 3.63) is 35.6 Å². The highest BCUT2D eigenvalue weighted by Crippen LogP contribution is 2.07. The van der Waals surface area contributed by atoms with Gasteiger partial charge in [0.25, 0.3) is 0 Å². The molecule has 4 N–H and O–H groups in total. The van der Waals surface area contributed by atoms with Crippen LogP contribution in [0.4, 0.5) is 4.39 Å². The van der Waals surface area contributed by atoms with Gasteiger partial charge in [-0.25, -0.2) is 4.39 Å². The summed E-state index contributed by atoms with van der Waals surface area (Å²) in [5.41, 5.74) is 5.87. The van der Waals surface area contributed by atoms with Crippen LogP contribution < -0.4 is 16.4 Å². The lowest BCUT2D eigenvalue weighted by atomic mass is 10.0. The number of hydrogen-bond acceptors (Lipinski definition) is 3. The van der Waals surface area contributed by atoms with Crippen molar-refractivity contribution in [1.29, 1.82) is 0 Å². The second-order valence-electron chi connectivity index (χ2n) is 4.96. The summed E-state index contributed by atoms with van der Waals surface area (Å²) in [6.07, 6.45) is 0.533. The van der Waals surface area contributed by atoms with E-state index in [0.717, 1.165) is 0 Å². The molecular formula is C15H20FN3O3. The van der Waals surface area contributed by atoms with Crippen LogP contribution in [0, 0.1) is 5.82 Å². The van der Waals surface area contributed by atoms with Crippen LogP contribution in [0.3, 0.4) is 0 Å². The van der Waals surface area contributed by atoms with E-state index in [1.54, 1.807) is 6.92 Å². The van der Waals surface area contributed by atoms with Gasteiger partial charge in [0.2, 0.25) is 17.7 Å². The number of carbonyl (C=O) groups excluding carboxylic acids is 3. The molecule has 6 nitrogen and oxygen atoms in total. The lowest BCUT2D eigenvalue weighted by molar-refractivity contribution is -0.130. The predicted octanol–water partition coefficient (Wildman–Crippen LogP) is 0.253. The summed E-state index contributed by atoms with van der Waals surface area (Å²) in [6.45, 7) is 3.00. The molecule has 1 aromatic rings. The van der Waals surface area contributed by atoms with E-state index < -0.39 is 23.9 Å². The number of halogens is 1. The Hall–Kier alpha value is -2.44. The highest BCUT2D eigenvalue weighted by atomic mass is 19.1. The average molecular weight is 309 g/mol. The zero-order valence-electron chi connectivity index (χ0n) is 12.6. The summed E-state index contributed by atoms with van der Waals surface area (Å²) < 4.78 is 12.9. The van der Waals surface area contributed by atoms with E-state index in [-0.39, 0.29) is 18.1 Å². The van der Waals surface area contributed by atoms with Crippen LogP contribution in [-0.2, 0) is 20.8 Å². The summed E-state index contributed by atoms with van der Waals surface area (Å²) in [5.74, 6) is -1.91. The maximum Gasteiger partial charge on any atom is 0.243 e. The second-order valence-corrected chi connectivity index (χ2v) is 4.96. The Balaban J connectivity index is 2.82. The molecule has 0 fully saturated rings. The van der Waals surface area contributed by atoms with Crippen LogP contribution in [0.25, 0.3) is 0 Å². The molecule has 3 amide bonds. The Morgan fingerprint density at radius 1 is 1.14 bits per heavy atom. The van der Waals surface area contributed by atoms with Crippen molar-refractivity contribution in [3.8, 4) is 0 Å². The van der Waals surface area contributed by atoms with E-state index in [2.05, 4.69) is 10.6 Å². The molecule has 1 aromatic carbocycles. The average Bonchev–Trinajstić information content (AvgIpc) is 2.45. The number of primary amides is 1. The van der Waals surface area contributed by atoms with Gasteiger partial charge in [-0.05, 0) is 24.1 Å². The summed E-state index contributed by atoms with van der Waals surface area (Å²) in [7, 11) is 0. The Morgan fingerprint density at radius 3 is 2.18 bits per heavy atom. The van der Waals surface area contributed by atoms with Gasteiger partial charge < -0.3 is 16.4 Å². The van der Waals surface area contributed by atoms with Crippen molar-refractivity contribution in [2.45, 2.75) is 38.8 Å². The third-order valence-corrected chi connectivity index (χ3v) is 3.12. The molecule has 0 radical (unpaired) electrons. The molecule has 0 unspecified atom stereocenters. The Morgan fingerprint density at radius 2 is 1.73 bits per heavy atom. The highest BCUT2D eigenvalue weighted by Gasteiger charge is 2.24. The van der Waals surface area contributed by atoms with Gasteiger partial charge in [-0.1, -0.05) is 19.1 Å². The van der Waals surface area contributed by atoms with Gasteiger partial charge in [0.05, 0.1) is 0 Å². The number of carbonyl (C=O) groups is 3. The van der Waals surface area contributed by atoms with Crippen molar-refractivity contribution in [1.82, 2.24) is 10.6 Å². The molecule has 0 spiro atoms. The molecule has 1 rings (SSSR count). The molecule has 0 saturated heterocycles. The molecule has 22 heavy (non-hydrogen) atoms. The zero-order chi connectivity index (χ0) is 16.7. The van der Waals surface area contributed by atoms with E-state index in [1.807, 2.05) is 0 Å². The summed E-state index contributed by atoms with van der Waals surface area (Å²) in [4.78, 5) is 34.7. The van der Waals surface area contributed by atoms with Crippen molar-refractivity contribution < 1.29 is 18.8 Å². The zero-order valence-corrected chi connectivity index (χ0v) is 12.6. The first kappa shape index (κ1) is 17.6. The molecule has 0 bridgehead atoms. The number of hydrogen-bond donors (Lipinski definition) is 3. The van der Waals surface area contributed by atoms with E-state index in [4.69, 9.17) is 5.73 Å². The second kappa shape index (κ2) is 8.11. The van der Waals surface area contributed by atoms with Crippen LogP contribution >= 0.6 is 0 Å².